The highest BCUT2D eigenvalue weighted by Gasteiger charge is 2.20. The van der Waals surface area contributed by atoms with Crippen LogP contribution in [0.4, 0.5) is 8.78 Å². The van der Waals surface area contributed by atoms with E-state index in [0.29, 0.717) is 5.56 Å². The molecule has 0 aromatic heterocycles. The van der Waals surface area contributed by atoms with Crippen molar-refractivity contribution >= 4 is 12.0 Å². The quantitative estimate of drug-likeness (QED) is 0.631. The number of carbonyl (C=O) groups is 1. The summed E-state index contributed by atoms with van der Waals surface area (Å²) < 4.78 is 34.3. The first kappa shape index (κ1) is 22.7. The fourth-order valence-electron chi connectivity index (χ4n) is 3.71. The summed E-state index contributed by atoms with van der Waals surface area (Å²) in [5.74, 6) is -0.0376. The topological polar surface area (TPSA) is 50.8 Å². The molecule has 1 fully saturated rings. The van der Waals surface area contributed by atoms with Gasteiger partial charge in [0.1, 0.15) is 0 Å². The SMILES string of the molecule is COc1cc(C=CC(=O)NC2CCN(Cc3cccc(C)c3)CC2)ccc1OC(F)F. The summed E-state index contributed by atoms with van der Waals surface area (Å²) in [6.07, 6.45) is 4.87. The number of carbonyl (C=O) groups excluding carboxylic acids is 1. The highest BCUT2D eigenvalue weighted by molar-refractivity contribution is 5.92. The largest absolute Gasteiger partial charge is 0.493 e. The number of hydrogen-bond acceptors (Lipinski definition) is 4. The minimum atomic E-state index is -2.93. The van der Waals surface area contributed by atoms with Crippen LogP contribution in [0.25, 0.3) is 6.08 Å². The lowest BCUT2D eigenvalue weighted by Crippen LogP contribution is -2.43. The lowest BCUT2D eigenvalue weighted by atomic mass is 10.0. The molecule has 3 rings (SSSR count). The van der Waals surface area contributed by atoms with Gasteiger partial charge >= 0.3 is 6.61 Å². The number of piperidine rings is 1. The van der Waals surface area contributed by atoms with E-state index in [1.54, 1.807) is 18.2 Å². The predicted molar refractivity (Wildman–Crippen MR) is 116 cm³/mol. The van der Waals surface area contributed by atoms with Crippen LogP contribution < -0.4 is 14.8 Å². The molecule has 2 aromatic rings. The number of hydrogen-bond donors (Lipinski definition) is 1. The van der Waals surface area contributed by atoms with Crippen LogP contribution in [-0.2, 0) is 11.3 Å². The zero-order valence-electron chi connectivity index (χ0n) is 17.8. The van der Waals surface area contributed by atoms with Crippen LogP contribution in [0.2, 0.25) is 0 Å². The highest BCUT2D eigenvalue weighted by Crippen LogP contribution is 2.29. The van der Waals surface area contributed by atoms with Crippen LogP contribution in [0.5, 0.6) is 11.5 Å². The fraction of sp³-hybridized carbons (Fsp3) is 0.375. The number of benzene rings is 2. The van der Waals surface area contributed by atoms with Gasteiger partial charge in [0.05, 0.1) is 7.11 Å². The number of halogens is 2. The van der Waals surface area contributed by atoms with E-state index in [1.165, 1.54) is 30.4 Å². The summed E-state index contributed by atoms with van der Waals surface area (Å²) in [7, 11) is 1.37. The molecule has 1 saturated heterocycles. The van der Waals surface area contributed by atoms with Crippen molar-refractivity contribution in [3.63, 3.8) is 0 Å². The fourth-order valence-corrected chi connectivity index (χ4v) is 3.71. The Kier molecular flexibility index (Phi) is 8.00. The lowest BCUT2D eigenvalue weighted by Gasteiger charge is -2.32. The number of nitrogens with zero attached hydrogens (tertiary/aromatic N) is 1. The van der Waals surface area contributed by atoms with E-state index in [4.69, 9.17) is 4.74 Å². The predicted octanol–water partition coefficient (Wildman–Crippen LogP) is 4.40. The Hall–Kier alpha value is -2.93. The molecule has 0 atom stereocenters. The standard InChI is InChI=1S/C24H28F2N2O3/c1-17-4-3-5-19(14-17)16-28-12-10-20(11-13-28)27-23(29)9-7-18-6-8-21(31-24(25)26)22(15-18)30-2/h3-9,14-15,20,24H,10-13,16H2,1-2H3,(H,27,29). The van der Waals surface area contributed by atoms with Gasteiger partial charge in [-0.1, -0.05) is 35.9 Å². The Morgan fingerprint density at radius 1 is 1.19 bits per heavy atom. The van der Waals surface area contributed by atoms with Gasteiger partial charge in [-0.05, 0) is 49.1 Å². The van der Waals surface area contributed by atoms with Crippen molar-refractivity contribution in [1.29, 1.82) is 0 Å². The molecular formula is C24H28F2N2O3. The van der Waals surface area contributed by atoms with E-state index >= 15 is 0 Å². The van der Waals surface area contributed by atoms with Gasteiger partial charge in [-0.15, -0.1) is 0 Å². The molecule has 0 radical (unpaired) electrons. The van der Waals surface area contributed by atoms with Crippen molar-refractivity contribution in [3.05, 3.63) is 65.2 Å². The third kappa shape index (κ3) is 7.07. The third-order valence-electron chi connectivity index (χ3n) is 5.25. The molecule has 31 heavy (non-hydrogen) atoms. The van der Waals surface area contributed by atoms with Crippen molar-refractivity contribution < 1.29 is 23.0 Å². The summed E-state index contributed by atoms with van der Waals surface area (Å²) in [6, 6.07) is 13.2. The van der Waals surface area contributed by atoms with Crippen LogP contribution in [0.15, 0.2) is 48.5 Å². The van der Waals surface area contributed by atoms with Gasteiger partial charge in [0.15, 0.2) is 11.5 Å². The van der Waals surface area contributed by atoms with E-state index in [-0.39, 0.29) is 23.4 Å². The molecule has 7 heteroatoms. The summed E-state index contributed by atoms with van der Waals surface area (Å²) in [5, 5.41) is 3.04. The summed E-state index contributed by atoms with van der Waals surface area (Å²) in [5.41, 5.74) is 3.23. The minimum Gasteiger partial charge on any atom is -0.493 e. The maximum Gasteiger partial charge on any atom is 0.387 e. The summed E-state index contributed by atoms with van der Waals surface area (Å²) in [4.78, 5) is 14.7. The van der Waals surface area contributed by atoms with Crippen LogP contribution >= 0.6 is 0 Å². The first-order valence-corrected chi connectivity index (χ1v) is 10.3. The van der Waals surface area contributed by atoms with Gasteiger partial charge in [0, 0.05) is 31.8 Å². The smallest absolute Gasteiger partial charge is 0.387 e. The number of nitrogens with one attached hydrogen (secondary N) is 1. The average Bonchev–Trinajstić information content (AvgIpc) is 2.74. The molecule has 0 spiro atoms. The van der Waals surface area contributed by atoms with Gasteiger partial charge in [0.25, 0.3) is 0 Å². The third-order valence-corrected chi connectivity index (χ3v) is 5.25. The van der Waals surface area contributed by atoms with Crippen LogP contribution in [-0.4, -0.2) is 43.7 Å². The number of alkyl halides is 2. The van der Waals surface area contributed by atoms with Gasteiger partial charge in [-0.3, -0.25) is 9.69 Å². The Balaban J connectivity index is 1.47. The molecule has 0 aliphatic carbocycles. The minimum absolute atomic E-state index is 0.0449. The number of aryl methyl sites for hydroxylation is 1. The van der Waals surface area contributed by atoms with Crippen molar-refractivity contribution in [1.82, 2.24) is 10.2 Å². The molecule has 1 N–H and O–H groups in total. The second-order valence-electron chi connectivity index (χ2n) is 7.67. The molecule has 1 amide bonds. The van der Waals surface area contributed by atoms with E-state index < -0.39 is 6.61 Å². The van der Waals surface area contributed by atoms with Crippen molar-refractivity contribution in [2.24, 2.45) is 0 Å². The molecule has 0 bridgehead atoms. The summed E-state index contributed by atoms with van der Waals surface area (Å²) >= 11 is 0. The molecule has 1 heterocycles. The number of amides is 1. The van der Waals surface area contributed by atoms with Crippen molar-refractivity contribution in [3.8, 4) is 11.5 Å². The van der Waals surface area contributed by atoms with Gasteiger partial charge in [-0.2, -0.15) is 8.78 Å². The second-order valence-corrected chi connectivity index (χ2v) is 7.67. The Bertz CT molecular complexity index is 909. The lowest BCUT2D eigenvalue weighted by molar-refractivity contribution is -0.117. The molecule has 0 unspecified atom stereocenters. The second kappa shape index (κ2) is 10.9. The van der Waals surface area contributed by atoms with Gasteiger partial charge < -0.3 is 14.8 Å². The molecule has 0 saturated carbocycles. The number of rotatable bonds is 8. The zero-order valence-corrected chi connectivity index (χ0v) is 17.8. The van der Waals surface area contributed by atoms with E-state index in [2.05, 4.69) is 46.1 Å². The van der Waals surface area contributed by atoms with Gasteiger partial charge in [0.2, 0.25) is 5.91 Å². The molecule has 1 aliphatic heterocycles. The first-order valence-electron chi connectivity index (χ1n) is 10.3. The Labute approximate surface area is 181 Å². The number of ether oxygens (including phenoxy) is 2. The molecule has 1 aliphatic rings. The first-order chi connectivity index (χ1) is 14.9. The average molecular weight is 430 g/mol. The van der Waals surface area contributed by atoms with E-state index in [0.717, 1.165) is 32.5 Å². The van der Waals surface area contributed by atoms with Crippen LogP contribution in [0.1, 0.15) is 29.5 Å². The summed E-state index contributed by atoms with van der Waals surface area (Å²) in [6.45, 7) is 1.97. The van der Waals surface area contributed by atoms with Crippen molar-refractivity contribution in [2.45, 2.75) is 39.0 Å². The maximum absolute atomic E-state index is 12.4. The molecule has 5 nitrogen and oxygen atoms in total. The van der Waals surface area contributed by atoms with Crippen LogP contribution in [0.3, 0.4) is 0 Å². The van der Waals surface area contributed by atoms with Gasteiger partial charge in [-0.25, -0.2) is 0 Å². The Morgan fingerprint density at radius 3 is 2.65 bits per heavy atom. The molecule has 2 aromatic carbocycles. The molecule has 166 valence electrons. The van der Waals surface area contributed by atoms with E-state index in [9.17, 15) is 13.6 Å². The molecular weight excluding hydrogens is 402 g/mol. The normalized spacial score (nSPS) is 15.4. The number of likely N-dealkylation sites (tertiary alicyclic amines) is 1. The zero-order chi connectivity index (χ0) is 22.2. The van der Waals surface area contributed by atoms with E-state index in [1.807, 2.05) is 0 Å². The number of methoxy groups -OCH3 is 1. The maximum atomic E-state index is 12.4. The van der Waals surface area contributed by atoms with Crippen LogP contribution in [0, 0.1) is 6.92 Å². The van der Waals surface area contributed by atoms with Crippen molar-refractivity contribution in [2.75, 3.05) is 20.2 Å². The Morgan fingerprint density at radius 2 is 1.97 bits per heavy atom. The highest BCUT2D eigenvalue weighted by atomic mass is 19.3. The monoisotopic (exact) mass is 430 g/mol.